The van der Waals surface area contributed by atoms with Crippen LogP contribution in [0.25, 0.3) is 0 Å². The molecule has 1 unspecified atom stereocenters. The summed E-state index contributed by atoms with van der Waals surface area (Å²) in [5.41, 5.74) is 0.416. The first-order chi connectivity index (χ1) is 10.3. The van der Waals surface area contributed by atoms with Crippen molar-refractivity contribution in [2.24, 2.45) is 0 Å². The second-order valence-corrected chi connectivity index (χ2v) is 7.05. The first kappa shape index (κ1) is 17.5. The van der Waals surface area contributed by atoms with Crippen LogP contribution >= 0.6 is 0 Å². The van der Waals surface area contributed by atoms with Crippen molar-refractivity contribution in [1.82, 2.24) is 14.7 Å². The van der Waals surface area contributed by atoms with Gasteiger partial charge in [-0.05, 0) is 47.7 Å². The first-order valence-corrected chi connectivity index (χ1v) is 7.81. The lowest BCUT2D eigenvalue weighted by atomic mass is 9.82. The fourth-order valence-corrected chi connectivity index (χ4v) is 2.78. The first-order valence-electron chi connectivity index (χ1n) is 7.81. The molecule has 2 saturated heterocycles. The molecule has 3 heterocycles. The molecule has 0 aliphatic carbocycles. The molecule has 1 atom stereocenters. The monoisotopic (exact) mass is 309 g/mol. The van der Waals surface area contributed by atoms with Gasteiger partial charge in [0.15, 0.2) is 0 Å². The second kappa shape index (κ2) is 6.32. The summed E-state index contributed by atoms with van der Waals surface area (Å²) < 4.78 is 14.2. The highest BCUT2D eigenvalue weighted by molar-refractivity contribution is 6.61. The Morgan fingerprint density at radius 3 is 2.32 bits per heavy atom. The normalized spacial score (nSPS) is 26.9. The van der Waals surface area contributed by atoms with Crippen molar-refractivity contribution in [3.63, 3.8) is 0 Å². The average molecular weight is 309 g/mol. The van der Waals surface area contributed by atoms with Crippen LogP contribution < -0.4 is 5.46 Å². The van der Waals surface area contributed by atoms with Gasteiger partial charge in [-0.3, -0.25) is 4.68 Å². The number of likely N-dealkylation sites (tertiary alicyclic amines) is 1. The summed E-state index contributed by atoms with van der Waals surface area (Å²) in [5.74, 6) is 0. The molecule has 7 heteroatoms. The summed E-state index contributed by atoms with van der Waals surface area (Å²) in [7, 11) is 2.84. The van der Waals surface area contributed by atoms with Gasteiger partial charge in [-0.1, -0.05) is 0 Å². The van der Waals surface area contributed by atoms with Crippen LogP contribution in [0.1, 0.15) is 40.2 Å². The number of aliphatic hydroxyl groups excluding tert-OH is 1. The summed E-state index contributed by atoms with van der Waals surface area (Å²) in [6.45, 7) is 10.5. The van der Waals surface area contributed by atoms with Crippen LogP contribution in [0, 0.1) is 0 Å². The molecule has 0 aromatic carbocycles. The number of aliphatic hydroxyl groups is 1. The molecule has 0 saturated carbocycles. The van der Waals surface area contributed by atoms with E-state index in [0.29, 0.717) is 6.04 Å². The van der Waals surface area contributed by atoms with E-state index in [-0.39, 0.29) is 18.3 Å². The van der Waals surface area contributed by atoms with Crippen LogP contribution in [0.3, 0.4) is 0 Å². The van der Waals surface area contributed by atoms with Crippen LogP contribution in [0.4, 0.5) is 0 Å². The molecule has 0 spiro atoms. The van der Waals surface area contributed by atoms with E-state index in [1.807, 2.05) is 6.20 Å². The number of rotatable bonds is 2. The van der Waals surface area contributed by atoms with Crippen molar-refractivity contribution in [2.45, 2.75) is 51.4 Å². The van der Waals surface area contributed by atoms with Crippen molar-refractivity contribution >= 4 is 12.6 Å². The molecule has 1 N–H and O–H groups in total. The van der Waals surface area contributed by atoms with E-state index in [4.69, 9.17) is 14.4 Å². The number of hydrogen-bond acceptors (Lipinski definition) is 5. The molecule has 6 nitrogen and oxygen atoms in total. The van der Waals surface area contributed by atoms with Gasteiger partial charge in [0.1, 0.15) is 0 Å². The standard InChI is InChI=1S/C14H24BN3O2.CH4O/c1-13(2)14(3,4)20-15(19-13)11-8-16-18(9-11)12-6-7-17(5)10-12;1-2/h8-9,12H,6-7,10H2,1-5H3;2H,1H3. The lowest BCUT2D eigenvalue weighted by Crippen LogP contribution is -2.41. The molecule has 2 aliphatic rings. The number of nitrogens with zero attached hydrogens (tertiary/aromatic N) is 3. The predicted octanol–water partition coefficient (Wildman–Crippen LogP) is 0.667. The van der Waals surface area contributed by atoms with E-state index in [2.05, 4.69) is 55.6 Å². The van der Waals surface area contributed by atoms with E-state index < -0.39 is 0 Å². The third-order valence-electron chi connectivity index (χ3n) is 4.89. The lowest BCUT2D eigenvalue weighted by molar-refractivity contribution is 0.00578. The van der Waals surface area contributed by atoms with Gasteiger partial charge in [-0.25, -0.2) is 0 Å². The van der Waals surface area contributed by atoms with Crippen LogP contribution in [0.15, 0.2) is 12.4 Å². The molecule has 124 valence electrons. The molecule has 2 fully saturated rings. The minimum Gasteiger partial charge on any atom is -0.400 e. The maximum atomic E-state index is 7.00. The topological polar surface area (TPSA) is 59.8 Å². The van der Waals surface area contributed by atoms with Gasteiger partial charge < -0.3 is 19.3 Å². The number of likely N-dealkylation sites (N-methyl/N-ethyl adjacent to an activating group) is 1. The Kier molecular flexibility index (Phi) is 5.01. The predicted molar refractivity (Wildman–Crippen MR) is 87.2 cm³/mol. The zero-order valence-electron chi connectivity index (χ0n) is 14.5. The van der Waals surface area contributed by atoms with Gasteiger partial charge in [0, 0.05) is 31.5 Å². The molecular weight excluding hydrogens is 281 g/mol. The van der Waals surface area contributed by atoms with Crippen molar-refractivity contribution in [3.8, 4) is 0 Å². The third-order valence-corrected chi connectivity index (χ3v) is 4.89. The van der Waals surface area contributed by atoms with Crippen molar-refractivity contribution in [1.29, 1.82) is 0 Å². The Labute approximate surface area is 133 Å². The molecule has 3 rings (SSSR count). The van der Waals surface area contributed by atoms with Crippen LogP contribution in [-0.2, 0) is 9.31 Å². The Bertz CT molecular complexity index is 488. The van der Waals surface area contributed by atoms with Gasteiger partial charge in [-0.2, -0.15) is 5.10 Å². The Balaban J connectivity index is 0.000000847. The Morgan fingerprint density at radius 2 is 1.82 bits per heavy atom. The molecule has 0 radical (unpaired) electrons. The molecule has 0 amide bonds. The fraction of sp³-hybridized carbons (Fsp3) is 0.800. The number of hydrogen-bond donors (Lipinski definition) is 1. The van der Waals surface area contributed by atoms with Gasteiger partial charge in [0.2, 0.25) is 0 Å². The molecule has 2 aliphatic heterocycles. The van der Waals surface area contributed by atoms with Gasteiger partial charge in [0.05, 0.1) is 17.2 Å². The van der Waals surface area contributed by atoms with Gasteiger partial charge in [-0.15, -0.1) is 0 Å². The quantitative estimate of drug-likeness (QED) is 0.814. The van der Waals surface area contributed by atoms with Crippen molar-refractivity contribution in [2.75, 3.05) is 27.2 Å². The Hall–Kier alpha value is -0.885. The molecule has 22 heavy (non-hydrogen) atoms. The van der Waals surface area contributed by atoms with E-state index in [1.165, 1.54) is 0 Å². The van der Waals surface area contributed by atoms with Crippen LogP contribution in [0.5, 0.6) is 0 Å². The summed E-state index contributed by atoms with van der Waals surface area (Å²) in [5, 5.41) is 11.5. The molecule has 0 bridgehead atoms. The second-order valence-electron chi connectivity index (χ2n) is 7.05. The molecule has 1 aromatic heterocycles. The average Bonchev–Trinajstić information content (AvgIpc) is 3.11. The maximum Gasteiger partial charge on any atom is 0.498 e. The summed E-state index contributed by atoms with van der Waals surface area (Å²) >= 11 is 0. The highest BCUT2D eigenvalue weighted by Gasteiger charge is 2.52. The zero-order valence-corrected chi connectivity index (χ0v) is 14.5. The van der Waals surface area contributed by atoms with E-state index in [0.717, 1.165) is 32.1 Å². The highest BCUT2D eigenvalue weighted by Crippen LogP contribution is 2.36. The minimum atomic E-state index is -0.312. The minimum absolute atomic E-state index is 0.298. The summed E-state index contributed by atoms with van der Waals surface area (Å²) in [6.07, 6.45) is 5.10. The van der Waals surface area contributed by atoms with E-state index >= 15 is 0 Å². The molecule has 1 aromatic rings. The molecular formula is C15H28BN3O3. The fourth-order valence-electron chi connectivity index (χ4n) is 2.78. The summed E-state index contributed by atoms with van der Waals surface area (Å²) in [6, 6.07) is 0.469. The van der Waals surface area contributed by atoms with Gasteiger partial charge >= 0.3 is 7.12 Å². The third kappa shape index (κ3) is 3.22. The number of aromatic nitrogens is 2. The highest BCUT2D eigenvalue weighted by atomic mass is 16.7. The largest absolute Gasteiger partial charge is 0.498 e. The van der Waals surface area contributed by atoms with Crippen LogP contribution in [-0.4, -0.2) is 65.4 Å². The van der Waals surface area contributed by atoms with E-state index in [9.17, 15) is 0 Å². The lowest BCUT2D eigenvalue weighted by Gasteiger charge is -2.32. The van der Waals surface area contributed by atoms with Gasteiger partial charge in [0.25, 0.3) is 0 Å². The zero-order chi connectivity index (χ0) is 16.5. The maximum absolute atomic E-state index is 7.00. The summed E-state index contributed by atoms with van der Waals surface area (Å²) in [4.78, 5) is 2.33. The van der Waals surface area contributed by atoms with Crippen LogP contribution in [0.2, 0.25) is 0 Å². The smallest absolute Gasteiger partial charge is 0.400 e. The van der Waals surface area contributed by atoms with E-state index in [1.54, 1.807) is 0 Å². The van der Waals surface area contributed by atoms with Crippen molar-refractivity contribution in [3.05, 3.63) is 12.4 Å². The van der Waals surface area contributed by atoms with Crippen molar-refractivity contribution < 1.29 is 14.4 Å². The Morgan fingerprint density at radius 1 is 1.23 bits per heavy atom. The SMILES string of the molecule is CN1CCC(n2cc(B3OC(C)(C)C(C)(C)O3)cn2)C1.CO.